The molecule has 1 aromatic carbocycles. The smallest absolute Gasteiger partial charge is 0.255 e. The van der Waals surface area contributed by atoms with E-state index in [9.17, 15) is 9.59 Å². The van der Waals surface area contributed by atoms with E-state index in [0.717, 1.165) is 16.5 Å². The van der Waals surface area contributed by atoms with Gasteiger partial charge in [0.2, 0.25) is 5.56 Å². The molecule has 5 nitrogen and oxygen atoms in total. The fourth-order valence-electron chi connectivity index (χ4n) is 2.21. The van der Waals surface area contributed by atoms with Crippen molar-refractivity contribution in [2.45, 2.75) is 6.92 Å². The van der Waals surface area contributed by atoms with E-state index < -0.39 is 0 Å². The lowest BCUT2D eigenvalue weighted by atomic mass is 10.1. The first kappa shape index (κ1) is 13.1. The minimum absolute atomic E-state index is 0.131. The van der Waals surface area contributed by atoms with Crippen molar-refractivity contribution in [1.29, 1.82) is 0 Å². The van der Waals surface area contributed by atoms with E-state index in [1.54, 1.807) is 36.7 Å². The molecule has 0 aliphatic heterocycles. The predicted molar refractivity (Wildman–Crippen MR) is 81.5 cm³/mol. The third-order valence-corrected chi connectivity index (χ3v) is 3.25. The van der Waals surface area contributed by atoms with Gasteiger partial charge in [-0.25, -0.2) is 0 Å². The zero-order valence-corrected chi connectivity index (χ0v) is 11.4. The van der Waals surface area contributed by atoms with Crippen molar-refractivity contribution in [3.63, 3.8) is 0 Å². The summed E-state index contributed by atoms with van der Waals surface area (Å²) in [6.07, 6.45) is 3.15. The normalized spacial score (nSPS) is 10.5. The summed E-state index contributed by atoms with van der Waals surface area (Å²) in [6.45, 7) is 1.87. The van der Waals surface area contributed by atoms with Crippen LogP contribution in [0.3, 0.4) is 0 Å². The first-order chi connectivity index (χ1) is 10.1. The summed E-state index contributed by atoms with van der Waals surface area (Å²) in [5.41, 5.74) is 2.71. The summed E-state index contributed by atoms with van der Waals surface area (Å²) in [5, 5.41) is 3.74. The Balaban J connectivity index is 1.95. The van der Waals surface area contributed by atoms with Gasteiger partial charge in [-0.15, -0.1) is 0 Å². The molecule has 0 saturated carbocycles. The van der Waals surface area contributed by atoms with Crippen molar-refractivity contribution < 1.29 is 4.79 Å². The number of aromatic nitrogens is 2. The van der Waals surface area contributed by atoms with Gasteiger partial charge in [0, 0.05) is 40.6 Å². The summed E-state index contributed by atoms with van der Waals surface area (Å²) in [4.78, 5) is 30.2. The highest BCUT2D eigenvalue weighted by Crippen LogP contribution is 2.20. The van der Waals surface area contributed by atoms with Crippen molar-refractivity contribution in [3.8, 4) is 0 Å². The van der Waals surface area contributed by atoms with Gasteiger partial charge in [0.15, 0.2) is 0 Å². The molecule has 21 heavy (non-hydrogen) atoms. The van der Waals surface area contributed by atoms with Gasteiger partial charge in [-0.05, 0) is 42.8 Å². The van der Waals surface area contributed by atoms with E-state index >= 15 is 0 Å². The van der Waals surface area contributed by atoms with Crippen molar-refractivity contribution in [2.24, 2.45) is 0 Å². The number of anilines is 1. The molecule has 0 aliphatic carbocycles. The largest absolute Gasteiger partial charge is 0.322 e. The maximum atomic E-state index is 12.1. The monoisotopic (exact) mass is 279 g/mol. The Labute approximate surface area is 120 Å². The second kappa shape index (κ2) is 5.20. The van der Waals surface area contributed by atoms with Crippen LogP contribution < -0.4 is 10.9 Å². The summed E-state index contributed by atoms with van der Waals surface area (Å²) < 4.78 is 0. The van der Waals surface area contributed by atoms with Crippen LogP contribution in [0.25, 0.3) is 10.9 Å². The minimum Gasteiger partial charge on any atom is -0.322 e. The van der Waals surface area contributed by atoms with E-state index in [-0.39, 0.29) is 11.5 Å². The van der Waals surface area contributed by atoms with Gasteiger partial charge in [0.05, 0.1) is 0 Å². The van der Waals surface area contributed by atoms with Gasteiger partial charge in [-0.2, -0.15) is 0 Å². The zero-order chi connectivity index (χ0) is 14.8. The van der Waals surface area contributed by atoms with Crippen molar-refractivity contribution in [2.75, 3.05) is 5.32 Å². The van der Waals surface area contributed by atoms with Crippen molar-refractivity contribution in [1.82, 2.24) is 9.97 Å². The highest BCUT2D eigenvalue weighted by Gasteiger charge is 2.07. The molecular formula is C16H13N3O2. The highest BCUT2D eigenvalue weighted by molar-refractivity contribution is 6.05. The van der Waals surface area contributed by atoms with Crippen LogP contribution in [0, 0.1) is 6.92 Å². The number of rotatable bonds is 2. The maximum Gasteiger partial charge on any atom is 0.255 e. The average Bonchev–Trinajstić information content (AvgIpc) is 2.48. The molecular weight excluding hydrogens is 266 g/mol. The lowest BCUT2D eigenvalue weighted by Gasteiger charge is -2.07. The number of benzene rings is 1. The maximum absolute atomic E-state index is 12.1. The van der Waals surface area contributed by atoms with Gasteiger partial charge >= 0.3 is 0 Å². The van der Waals surface area contributed by atoms with Crippen LogP contribution in [0.15, 0.2) is 53.6 Å². The number of nitrogens with one attached hydrogen (secondary N) is 2. The Morgan fingerprint density at radius 3 is 2.67 bits per heavy atom. The molecule has 104 valence electrons. The number of pyridine rings is 2. The van der Waals surface area contributed by atoms with E-state index in [0.29, 0.717) is 11.3 Å². The molecule has 0 bridgehead atoms. The third-order valence-electron chi connectivity index (χ3n) is 3.25. The number of aromatic amines is 1. The number of carbonyl (C=O) groups excluding carboxylic acids is 1. The SMILES string of the molecule is Cc1cc(=O)[nH]c2ccc(NC(=O)c3ccncc3)cc12. The zero-order valence-electron chi connectivity index (χ0n) is 11.4. The Morgan fingerprint density at radius 2 is 1.90 bits per heavy atom. The average molecular weight is 279 g/mol. The molecule has 0 atom stereocenters. The topological polar surface area (TPSA) is 74.8 Å². The summed E-state index contributed by atoms with van der Waals surface area (Å²) >= 11 is 0. The van der Waals surface area contributed by atoms with E-state index in [4.69, 9.17) is 0 Å². The first-order valence-electron chi connectivity index (χ1n) is 6.48. The molecule has 0 spiro atoms. The Morgan fingerprint density at radius 1 is 1.14 bits per heavy atom. The van der Waals surface area contributed by atoms with Crippen LogP contribution in [0.1, 0.15) is 15.9 Å². The fourth-order valence-corrected chi connectivity index (χ4v) is 2.21. The molecule has 2 aromatic heterocycles. The molecule has 1 amide bonds. The second-order valence-corrected chi connectivity index (χ2v) is 4.77. The molecule has 0 fully saturated rings. The van der Waals surface area contributed by atoms with Gasteiger partial charge in [0.25, 0.3) is 5.91 Å². The molecule has 2 heterocycles. The third kappa shape index (κ3) is 2.67. The molecule has 0 radical (unpaired) electrons. The second-order valence-electron chi connectivity index (χ2n) is 4.77. The number of carbonyl (C=O) groups is 1. The van der Waals surface area contributed by atoms with Gasteiger partial charge in [-0.3, -0.25) is 14.6 Å². The van der Waals surface area contributed by atoms with Gasteiger partial charge < -0.3 is 10.3 Å². The van der Waals surface area contributed by atoms with Crippen molar-refractivity contribution in [3.05, 3.63) is 70.3 Å². The highest BCUT2D eigenvalue weighted by atomic mass is 16.1. The fraction of sp³-hybridized carbons (Fsp3) is 0.0625. The van der Waals surface area contributed by atoms with Gasteiger partial charge in [-0.1, -0.05) is 0 Å². The quantitative estimate of drug-likeness (QED) is 0.756. The Hall–Kier alpha value is -2.95. The molecule has 2 N–H and O–H groups in total. The molecule has 0 saturated heterocycles. The number of aryl methyl sites for hydroxylation is 1. The Kier molecular flexibility index (Phi) is 3.23. The van der Waals surface area contributed by atoms with Crippen LogP contribution in [-0.2, 0) is 0 Å². The number of hydrogen-bond acceptors (Lipinski definition) is 3. The Bertz CT molecular complexity index is 870. The molecule has 3 aromatic rings. The summed E-state index contributed by atoms with van der Waals surface area (Å²) in [7, 11) is 0. The van der Waals surface area contributed by atoms with Crippen LogP contribution in [0.4, 0.5) is 5.69 Å². The van der Waals surface area contributed by atoms with Crippen LogP contribution >= 0.6 is 0 Å². The van der Waals surface area contributed by atoms with Gasteiger partial charge in [0.1, 0.15) is 0 Å². The summed E-state index contributed by atoms with van der Waals surface area (Å²) in [6, 6.07) is 10.2. The summed E-state index contributed by atoms with van der Waals surface area (Å²) in [5.74, 6) is -0.196. The molecule has 0 unspecified atom stereocenters. The van der Waals surface area contributed by atoms with Crippen LogP contribution in [0.5, 0.6) is 0 Å². The lowest BCUT2D eigenvalue weighted by molar-refractivity contribution is 0.102. The minimum atomic E-state index is -0.196. The van der Waals surface area contributed by atoms with Crippen LogP contribution in [0.2, 0.25) is 0 Å². The predicted octanol–water partition coefficient (Wildman–Crippen LogP) is 2.48. The number of amides is 1. The number of H-pyrrole nitrogens is 1. The van der Waals surface area contributed by atoms with Crippen LogP contribution in [-0.4, -0.2) is 15.9 Å². The number of hydrogen-bond donors (Lipinski definition) is 2. The van der Waals surface area contributed by atoms with E-state index in [2.05, 4.69) is 15.3 Å². The first-order valence-corrected chi connectivity index (χ1v) is 6.48. The van der Waals surface area contributed by atoms with E-state index in [1.807, 2.05) is 13.0 Å². The lowest BCUT2D eigenvalue weighted by Crippen LogP contribution is -2.12. The molecule has 3 rings (SSSR count). The van der Waals surface area contributed by atoms with E-state index in [1.165, 1.54) is 6.07 Å². The molecule has 5 heteroatoms. The standard InChI is InChI=1S/C16H13N3O2/c1-10-8-15(20)19-14-3-2-12(9-13(10)14)18-16(21)11-4-6-17-7-5-11/h2-9H,1H3,(H,18,21)(H,19,20). The number of fused-ring (bicyclic) bond motifs is 1. The number of nitrogens with zero attached hydrogens (tertiary/aromatic N) is 1. The van der Waals surface area contributed by atoms with Crippen molar-refractivity contribution >= 4 is 22.5 Å². The molecule has 0 aliphatic rings.